The van der Waals surface area contributed by atoms with Crippen LogP contribution in [0, 0.1) is 0 Å². The fraction of sp³-hybridized carbons (Fsp3) is 0.227. The van der Waals surface area contributed by atoms with Gasteiger partial charge in [-0.05, 0) is 48.5 Å². The average molecular weight is 360 g/mol. The van der Waals surface area contributed by atoms with Crippen molar-refractivity contribution < 1.29 is 4.74 Å². The highest BCUT2D eigenvalue weighted by Crippen LogP contribution is 2.28. The molecule has 1 saturated heterocycles. The number of pyridine rings is 1. The number of nitrogens with two attached hydrogens (primary N) is 1. The Hall–Kier alpha value is -3.05. The van der Waals surface area contributed by atoms with Crippen molar-refractivity contribution in [2.45, 2.75) is 0 Å². The first-order valence-corrected chi connectivity index (χ1v) is 9.21. The van der Waals surface area contributed by atoms with Crippen molar-refractivity contribution in [1.29, 1.82) is 0 Å². The van der Waals surface area contributed by atoms with Gasteiger partial charge < -0.3 is 20.7 Å². The van der Waals surface area contributed by atoms with Gasteiger partial charge in [-0.15, -0.1) is 0 Å². The van der Waals surface area contributed by atoms with Crippen LogP contribution in [0.25, 0.3) is 22.5 Å². The number of aromatic nitrogens is 1. The van der Waals surface area contributed by atoms with Crippen molar-refractivity contribution in [3.63, 3.8) is 0 Å². The van der Waals surface area contributed by atoms with Gasteiger partial charge in [-0.1, -0.05) is 12.1 Å². The largest absolute Gasteiger partial charge is 0.497 e. The summed E-state index contributed by atoms with van der Waals surface area (Å²) in [6.07, 6.45) is 0. The number of anilines is 2. The number of rotatable bonds is 4. The first kappa shape index (κ1) is 17.4. The predicted octanol–water partition coefficient (Wildman–Crippen LogP) is 3.42. The summed E-state index contributed by atoms with van der Waals surface area (Å²) in [4.78, 5) is 7.23. The third kappa shape index (κ3) is 3.88. The molecule has 0 radical (unpaired) electrons. The van der Waals surface area contributed by atoms with Crippen molar-refractivity contribution in [2.75, 3.05) is 43.9 Å². The first-order valence-electron chi connectivity index (χ1n) is 9.21. The third-order valence-electron chi connectivity index (χ3n) is 4.88. The summed E-state index contributed by atoms with van der Waals surface area (Å²) in [5, 5.41) is 3.38. The van der Waals surface area contributed by atoms with Gasteiger partial charge in [0.05, 0.1) is 18.5 Å². The molecule has 0 saturated carbocycles. The second-order valence-corrected chi connectivity index (χ2v) is 6.68. The zero-order valence-electron chi connectivity index (χ0n) is 15.5. The zero-order valence-corrected chi connectivity index (χ0v) is 15.5. The van der Waals surface area contributed by atoms with E-state index in [4.69, 9.17) is 15.5 Å². The van der Waals surface area contributed by atoms with E-state index in [0.29, 0.717) is 5.69 Å². The molecule has 2 aromatic carbocycles. The monoisotopic (exact) mass is 360 g/mol. The van der Waals surface area contributed by atoms with E-state index >= 15 is 0 Å². The second kappa shape index (κ2) is 7.68. The van der Waals surface area contributed by atoms with Gasteiger partial charge in [0.1, 0.15) is 5.75 Å². The van der Waals surface area contributed by atoms with E-state index in [9.17, 15) is 0 Å². The number of nitrogens with one attached hydrogen (secondary N) is 1. The minimum atomic E-state index is 0.706. The van der Waals surface area contributed by atoms with Crippen LogP contribution in [-0.2, 0) is 0 Å². The van der Waals surface area contributed by atoms with Crippen molar-refractivity contribution in [1.82, 2.24) is 10.3 Å². The summed E-state index contributed by atoms with van der Waals surface area (Å²) in [7, 11) is 1.66. The summed E-state index contributed by atoms with van der Waals surface area (Å²) >= 11 is 0. The molecule has 2 heterocycles. The smallest absolute Gasteiger partial charge is 0.118 e. The lowest BCUT2D eigenvalue weighted by Gasteiger charge is -2.29. The standard InChI is InChI=1S/C22H24N4O/c1-27-20-8-4-17(5-9-20)22-15-18(23)14-21(25-22)16-2-6-19(7-3-16)26-12-10-24-11-13-26/h2-9,14-15,24H,10-13H2,1H3,(H2,23,25). The van der Waals surface area contributed by atoms with Crippen LogP contribution in [0.5, 0.6) is 5.75 Å². The van der Waals surface area contributed by atoms with Gasteiger partial charge in [-0.2, -0.15) is 0 Å². The molecule has 3 aromatic rings. The molecule has 1 aliphatic rings. The Morgan fingerprint density at radius 2 is 1.44 bits per heavy atom. The Morgan fingerprint density at radius 3 is 2.00 bits per heavy atom. The molecule has 5 heteroatoms. The molecule has 5 nitrogen and oxygen atoms in total. The highest BCUT2D eigenvalue weighted by molar-refractivity contribution is 5.72. The van der Waals surface area contributed by atoms with Crippen LogP contribution in [0.4, 0.5) is 11.4 Å². The molecule has 0 bridgehead atoms. The summed E-state index contributed by atoms with van der Waals surface area (Å²) < 4.78 is 5.23. The fourth-order valence-electron chi connectivity index (χ4n) is 3.38. The number of ether oxygens (including phenoxy) is 1. The molecule has 0 aliphatic carbocycles. The lowest BCUT2D eigenvalue weighted by atomic mass is 10.1. The zero-order chi connectivity index (χ0) is 18.6. The maximum atomic E-state index is 6.16. The Labute approximate surface area is 159 Å². The minimum Gasteiger partial charge on any atom is -0.497 e. The molecule has 1 aromatic heterocycles. The molecule has 27 heavy (non-hydrogen) atoms. The number of hydrogen-bond acceptors (Lipinski definition) is 5. The number of benzene rings is 2. The van der Waals surface area contributed by atoms with Gasteiger partial charge in [0, 0.05) is 48.7 Å². The van der Waals surface area contributed by atoms with E-state index in [-0.39, 0.29) is 0 Å². The Bertz CT molecular complexity index is 901. The number of methoxy groups -OCH3 is 1. The van der Waals surface area contributed by atoms with Crippen LogP contribution in [0.2, 0.25) is 0 Å². The molecular weight excluding hydrogens is 336 g/mol. The SMILES string of the molecule is COc1ccc(-c2cc(N)cc(-c3ccc(N4CCNCC4)cc3)n2)cc1. The quantitative estimate of drug-likeness (QED) is 0.746. The van der Waals surface area contributed by atoms with E-state index in [2.05, 4.69) is 34.5 Å². The predicted molar refractivity (Wildman–Crippen MR) is 111 cm³/mol. The highest BCUT2D eigenvalue weighted by atomic mass is 16.5. The van der Waals surface area contributed by atoms with E-state index in [1.807, 2.05) is 36.4 Å². The Morgan fingerprint density at radius 1 is 0.889 bits per heavy atom. The topological polar surface area (TPSA) is 63.4 Å². The van der Waals surface area contributed by atoms with Crippen LogP contribution >= 0.6 is 0 Å². The summed E-state index contributed by atoms with van der Waals surface area (Å²) in [5.41, 5.74) is 11.9. The maximum absolute atomic E-state index is 6.16. The van der Waals surface area contributed by atoms with E-state index in [1.165, 1.54) is 5.69 Å². The van der Waals surface area contributed by atoms with Crippen LogP contribution in [0.1, 0.15) is 0 Å². The van der Waals surface area contributed by atoms with E-state index in [0.717, 1.165) is 54.4 Å². The molecule has 0 amide bonds. The lowest BCUT2D eigenvalue weighted by molar-refractivity contribution is 0.415. The number of nitrogen functional groups attached to an aromatic ring is 1. The van der Waals surface area contributed by atoms with Gasteiger partial charge in [0.15, 0.2) is 0 Å². The van der Waals surface area contributed by atoms with Crippen LogP contribution < -0.4 is 20.7 Å². The van der Waals surface area contributed by atoms with Gasteiger partial charge >= 0.3 is 0 Å². The summed E-state index contributed by atoms with van der Waals surface area (Å²) in [5.74, 6) is 0.825. The molecule has 1 aliphatic heterocycles. The third-order valence-corrected chi connectivity index (χ3v) is 4.88. The van der Waals surface area contributed by atoms with Gasteiger partial charge in [-0.3, -0.25) is 0 Å². The van der Waals surface area contributed by atoms with Gasteiger partial charge in [0.2, 0.25) is 0 Å². The average Bonchev–Trinajstić information content (AvgIpc) is 2.74. The molecule has 1 fully saturated rings. The Balaban J connectivity index is 1.62. The normalized spacial score (nSPS) is 14.2. The number of hydrogen-bond donors (Lipinski definition) is 2. The minimum absolute atomic E-state index is 0.706. The lowest BCUT2D eigenvalue weighted by Crippen LogP contribution is -2.43. The van der Waals surface area contributed by atoms with Gasteiger partial charge in [-0.25, -0.2) is 4.98 Å². The van der Waals surface area contributed by atoms with Crippen LogP contribution in [0.15, 0.2) is 60.7 Å². The molecule has 0 atom stereocenters. The van der Waals surface area contributed by atoms with E-state index in [1.54, 1.807) is 7.11 Å². The molecule has 0 spiro atoms. The maximum Gasteiger partial charge on any atom is 0.118 e. The van der Waals surface area contributed by atoms with Crippen molar-refractivity contribution in [3.8, 4) is 28.3 Å². The Kier molecular flexibility index (Phi) is 4.94. The fourth-order valence-corrected chi connectivity index (χ4v) is 3.38. The number of nitrogens with zero attached hydrogens (tertiary/aromatic N) is 2. The number of piperazine rings is 1. The van der Waals surface area contributed by atoms with Crippen molar-refractivity contribution in [2.24, 2.45) is 0 Å². The van der Waals surface area contributed by atoms with Crippen molar-refractivity contribution in [3.05, 3.63) is 60.7 Å². The molecule has 0 unspecified atom stereocenters. The van der Waals surface area contributed by atoms with Crippen molar-refractivity contribution >= 4 is 11.4 Å². The molecule has 138 valence electrons. The summed E-state index contributed by atoms with van der Waals surface area (Å²) in [6.45, 7) is 4.14. The van der Waals surface area contributed by atoms with Crippen LogP contribution in [-0.4, -0.2) is 38.3 Å². The second-order valence-electron chi connectivity index (χ2n) is 6.68. The summed E-state index contributed by atoms with van der Waals surface area (Å²) in [6, 6.07) is 20.3. The van der Waals surface area contributed by atoms with Gasteiger partial charge in [0.25, 0.3) is 0 Å². The highest BCUT2D eigenvalue weighted by Gasteiger charge is 2.11. The van der Waals surface area contributed by atoms with Crippen LogP contribution in [0.3, 0.4) is 0 Å². The molecule has 3 N–H and O–H groups in total. The van der Waals surface area contributed by atoms with E-state index < -0.39 is 0 Å². The molecular formula is C22H24N4O. The molecule has 4 rings (SSSR count). The first-order chi connectivity index (χ1) is 13.2.